The van der Waals surface area contributed by atoms with Gasteiger partial charge in [0.2, 0.25) is 0 Å². The van der Waals surface area contributed by atoms with E-state index < -0.39 is 11.7 Å². The lowest BCUT2D eigenvalue weighted by atomic mass is 10.1. The minimum Gasteiger partial charge on any atom is -0.328 e. The average molecular weight is 391 g/mol. The molecule has 1 heterocycles. The maximum atomic E-state index is 12.6. The van der Waals surface area contributed by atoms with Gasteiger partial charge in [-0.2, -0.15) is 13.2 Å². The molecule has 0 aliphatic carbocycles. The van der Waals surface area contributed by atoms with E-state index in [2.05, 4.69) is 9.62 Å². The Morgan fingerprint density at radius 2 is 1.74 bits per heavy atom. The highest BCUT2D eigenvalue weighted by Gasteiger charge is 2.29. The molecule has 7 heteroatoms. The average Bonchev–Trinajstić information content (AvgIpc) is 2.61. The molecule has 142 valence electrons. The van der Waals surface area contributed by atoms with E-state index >= 15 is 0 Å². The molecule has 0 aliphatic heterocycles. The standard InChI is InChI=1S/C20H20F3N3S/c1-26(2)12-17-11-8-15-4-3-5-18(19(15)24-17)25-27-13-14-6-9-16(10-7-14)20(21,22)23/h3-11,25H,12-13H2,1-2H3. The second kappa shape index (κ2) is 8.19. The summed E-state index contributed by atoms with van der Waals surface area (Å²) in [5, 5.41) is 1.04. The molecule has 27 heavy (non-hydrogen) atoms. The number of alkyl halides is 3. The summed E-state index contributed by atoms with van der Waals surface area (Å²) in [7, 11) is 3.99. The molecule has 2 aromatic carbocycles. The summed E-state index contributed by atoms with van der Waals surface area (Å²) in [5.74, 6) is 0.548. The lowest BCUT2D eigenvalue weighted by Gasteiger charge is -2.12. The van der Waals surface area contributed by atoms with Crippen LogP contribution >= 0.6 is 11.9 Å². The summed E-state index contributed by atoms with van der Waals surface area (Å²) in [6.07, 6.45) is -4.30. The van der Waals surface area contributed by atoms with Gasteiger partial charge in [0.25, 0.3) is 0 Å². The Labute approximate surface area is 160 Å². The number of aromatic nitrogens is 1. The predicted molar refractivity (Wildman–Crippen MR) is 105 cm³/mol. The number of hydrogen-bond acceptors (Lipinski definition) is 4. The first-order valence-corrected chi connectivity index (χ1v) is 9.39. The number of halogens is 3. The molecule has 0 aliphatic rings. The molecule has 1 aromatic heterocycles. The van der Waals surface area contributed by atoms with Crippen LogP contribution in [0.15, 0.2) is 54.6 Å². The van der Waals surface area contributed by atoms with Crippen molar-refractivity contribution in [1.29, 1.82) is 0 Å². The second-order valence-electron chi connectivity index (χ2n) is 6.50. The third-order valence-corrected chi connectivity index (χ3v) is 4.80. The van der Waals surface area contributed by atoms with Crippen LogP contribution in [0.2, 0.25) is 0 Å². The number of benzene rings is 2. The molecule has 0 saturated heterocycles. The van der Waals surface area contributed by atoms with Crippen LogP contribution in [0.3, 0.4) is 0 Å². The van der Waals surface area contributed by atoms with Crippen LogP contribution in [-0.4, -0.2) is 24.0 Å². The zero-order chi connectivity index (χ0) is 19.4. The van der Waals surface area contributed by atoms with Gasteiger partial charge < -0.3 is 9.62 Å². The molecule has 3 rings (SSSR count). The summed E-state index contributed by atoms with van der Waals surface area (Å²) in [6, 6.07) is 15.2. The van der Waals surface area contributed by atoms with Gasteiger partial charge in [0.05, 0.1) is 22.5 Å². The fourth-order valence-corrected chi connectivity index (χ4v) is 3.42. The van der Waals surface area contributed by atoms with Gasteiger partial charge in [-0.05, 0) is 55.9 Å². The number of fused-ring (bicyclic) bond motifs is 1. The minimum atomic E-state index is -4.30. The summed E-state index contributed by atoms with van der Waals surface area (Å²) in [6.45, 7) is 0.753. The first kappa shape index (κ1) is 19.5. The molecular formula is C20H20F3N3S. The Balaban J connectivity index is 1.69. The van der Waals surface area contributed by atoms with Crippen LogP contribution in [0.4, 0.5) is 18.9 Å². The number of rotatable bonds is 6. The van der Waals surface area contributed by atoms with E-state index in [4.69, 9.17) is 4.98 Å². The molecular weight excluding hydrogens is 371 g/mol. The highest BCUT2D eigenvalue weighted by atomic mass is 32.2. The summed E-state index contributed by atoms with van der Waals surface area (Å²) in [5.41, 5.74) is 2.95. The van der Waals surface area contributed by atoms with Crippen molar-refractivity contribution in [2.24, 2.45) is 0 Å². The van der Waals surface area contributed by atoms with Crippen LogP contribution in [0, 0.1) is 0 Å². The third-order valence-electron chi connectivity index (χ3n) is 3.96. The van der Waals surface area contributed by atoms with Crippen molar-refractivity contribution in [3.05, 3.63) is 71.4 Å². The van der Waals surface area contributed by atoms with E-state index in [-0.39, 0.29) is 0 Å². The SMILES string of the molecule is CN(C)Cc1ccc2cccc(NSCc3ccc(C(F)(F)F)cc3)c2n1. The van der Waals surface area contributed by atoms with Gasteiger partial charge in [-0.15, -0.1) is 0 Å². The van der Waals surface area contributed by atoms with Crippen molar-refractivity contribution in [1.82, 2.24) is 9.88 Å². The van der Waals surface area contributed by atoms with Gasteiger partial charge in [0.15, 0.2) is 0 Å². The quantitative estimate of drug-likeness (QED) is 0.556. The predicted octanol–water partition coefficient (Wildman–Crippen LogP) is 5.58. The van der Waals surface area contributed by atoms with Crippen LogP contribution < -0.4 is 4.72 Å². The molecule has 0 amide bonds. The highest BCUT2D eigenvalue weighted by Crippen LogP contribution is 2.30. The molecule has 0 radical (unpaired) electrons. The molecule has 0 fully saturated rings. The molecule has 3 aromatic rings. The monoisotopic (exact) mass is 391 g/mol. The topological polar surface area (TPSA) is 28.2 Å². The molecule has 3 nitrogen and oxygen atoms in total. The van der Waals surface area contributed by atoms with Crippen molar-refractivity contribution < 1.29 is 13.2 Å². The fourth-order valence-electron chi connectivity index (χ4n) is 2.67. The van der Waals surface area contributed by atoms with Gasteiger partial charge in [-0.3, -0.25) is 0 Å². The van der Waals surface area contributed by atoms with Crippen LogP contribution in [0.25, 0.3) is 10.9 Å². The number of nitrogens with zero attached hydrogens (tertiary/aromatic N) is 2. The van der Waals surface area contributed by atoms with Crippen molar-refractivity contribution in [3.63, 3.8) is 0 Å². The Kier molecular flexibility index (Phi) is 5.92. The van der Waals surface area contributed by atoms with E-state index in [1.807, 2.05) is 44.4 Å². The molecule has 0 saturated carbocycles. The number of nitrogens with one attached hydrogen (secondary N) is 1. The number of para-hydroxylation sites is 1. The van der Waals surface area contributed by atoms with Crippen LogP contribution in [0.5, 0.6) is 0 Å². The Bertz CT molecular complexity index is 908. The van der Waals surface area contributed by atoms with Crippen molar-refractivity contribution in [2.45, 2.75) is 18.5 Å². The highest BCUT2D eigenvalue weighted by molar-refractivity contribution is 7.99. The molecule has 0 unspecified atom stereocenters. The largest absolute Gasteiger partial charge is 0.416 e. The van der Waals surface area contributed by atoms with E-state index in [1.54, 1.807) is 0 Å². The maximum Gasteiger partial charge on any atom is 0.416 e. The lowest BCUT2D eigenvalue weighted by Crippen LogP contribution is -2.11. The smallest absolute Gasteiger partial charge is 0.328 e. The van der Waals surface area contributed by atoms with E-state index in [1.165, 1.54) is 24.1 Å². The van der Waals surface area contributed by atoms with Gasteiger partial charge in [0, 0.05) is 17.7 Å². The van der Waals surface area contributed by atoms with Gasteiger partial charge in [0.1, 0.15) is 0 Å². The Morgan fingerprint density at radius 1 is 1.00 bits per heavy atom. The summed E-state index contributed by atoms with van der Waals surface area (Å²) in [4.78, 5) is 6.80. The van der Waals surface area contributed by atoms with E-state index in [9.17, 15) is 13.2 Å². The molecule has 0 spiro atoms. The van der Waals surface area contributed by atoms with E-state index in [0.29, 0.717) is 5.75 Å². The normalized spacial score (nSPS) is 11.9. The zero-order valence-corrected chi connectivity index (χ0v) is 15.9. The number of anilines is 1. The second-order valence-corrected chi connectivity index (χ2v) is 7.28. The minimum absolute atomic E-state index is 0.548. The van der Waals surface area contributed by atoms with Gasteiger partial charge in [-0.1, -0.05) is 30.3 Å². The Hall–Kier alpha value is -2.25. The van der Waals surface area contributed by atoms with Crippen molar-refractivity contribution in [3.8, 4) is 0 Å². The van der Waals surface area contributed by atoms with Gasteiger partial charge in [-0.25, -0.2) is 4.98 Å². The van der Waals surface area contributed by atoms with Crippen LogP contribution in [-0.2, 0) is 18.5 Å². The Morgan fingerprint density at radius 3 is 2.41 bits per heavy atom. The van der Waals surface area contributed by atoms with Crippen LogP contribution in [0.1, 0.15) is 16.8 Å². The molecule has 0 bridgehead atoms. The lowest BCUT2D eigenvalue weighted by molar-refractivity contribution is -0.137. The first-order chi connectivity index (χ1) is 12.8. The maximum absolute atomic E-state index is 12.6. The summed E-state index contributed by atoms with van der Waals surface area (Å²) >= 11 is 1.43. The first-order valence-electron chi connectivity index (χ1n) is 8.40. The van der Waals surface area contributed by atoms with E-state index in [0.717, 1.165) is 46.5 Å². The molecule has 1 N–H and O–H groups in total. The summed E-state index contributed by atoms with van der Waals surface area (Å²) < 4.78 is 41.2. The fraction of sp³-hybridized carbons (Fsp3) is 0.250. The zero-order valence-electron chi connectivity index (χ0n) is 15.0. The number of pyridine rings is 1. The molecule has 0 atom stereocenters. The number of hydrogen-bond donors (Lipinski definition) is 1. The third kappa shape index (κ3) is 5.14. The van der Waals surface area contributed by atoms with Crippen molar-refractivity contribution in [2.75, 3.05) is 18.8 Å². The van der Waals surface area contributed by atoms with Gasteiger partial charge >= 0.3 is 6.18 Å². The van der Waals surface area contributed by atoms with Crippen molar-refractivity contribution >= 4 is 28.5 Å².